The van der Waals surface area contributed by atoms with Gasteiger partial charge in [-0.2, -0.15) is 0 Å². The van der Waals surface area contributed by atoms with Gasteiger partial charge in [-0.15, -0.1) is 0 Å². The van der Waals surface area contributed by atoms with E-state index >= 15 is 0 Å². The molecule has 188 valence electrons. The van der Waals surface area contributed by atoms with E-state index in [9.17, 15) is 14.4 Å². The second kappa shape index (κ2) is 12.8. The summed E-state index contributed by atoms with van der Waals surface area (Å²) in [7, 11) is 0. The fraction of sp³-hybridized carbons (Fsp3) is 0.300. The summed E-state index contributed by atoms with van der Waals surface area (Å²) in [6.45, 7) is 6.04. The maximum absolute atomic E-state index is 12.7. The van der Waals surface area contributed by atoms with Crippen LogP contribution in [0.15, 0.2) is 78.9 Å². The van der Waals surface area contributed by atoms with Crippen molar-refractivity contribution in [3.8, 4) is 11.5 Å². The molecule has 0 aromatic heterocycles. The van der Waals surface area contributed by atoms with Crippen LogP contribution in [-0.4, -0.2) is 29.8 Å². The zero-order valence-corrected chi connectivity index (χ0v) is 21.1. The zero-order chi connectivity index (χ0) is 26.0. The molecule has 0 aliphatic heterocycles. The van der Waals surface area contributed by atoms with Gasteiger partial charge in [0.1, 0.15) is 0 Å². The van der Waals surface area contributed by atoms with Gasteiger partial charge in [-0.05, 0) is 62.9 Å². The Bertz CT molecular complexity index is 1170. The lowest BCUT2D eigenvalue weighted by Gasteiger charge is -2.20. The Kier molecular flexibility index (Phi) is 9.53. The summed E-state index contributed by atoms with van der Waals surface area (Å²) < 4.78 is 11.1. The average molecular weight is 488 g/mol. The number of nitrogens with one attached hydrogen (secondary N) is 1. The largest absolute Gasteiger partial charge is 0.423 e. The smallest absolute Gasteiger partial charge is 0.311 e. The number of Topliss-reactive ketones (excluding diaryl/α,β-unsaturated/α-hetero) is 1. The molecule has 0 radical (unpaired) electrons. The van der Waals surface area contributed by atoms with Crippen LogP contribution in [0.5, 0.6) is 11.5 Å². The molecule has 0 saturated carbocycles. The summed E-state index contributed by atoms with van der Waals surface area (Å²) in [4.78, 5) is 37.9. The lowest BCUT2D eigenvalue weighted by molar-refractivity contribution is -0.137. The molecule has 0 spiro atoms. The number of aryl methyl sites for hydroxylation is 2. The van der Waals surface area contributed by atoms with Gasteiger partial charge in [-0.3, -0.25) is 14.4 Å². The highest BCUT2D eigenvalue weighted by Crippen LogP contribution is 2.30. The van der Waals surface area contributed by atoms with E-state index in [1.807, 2.05) is 81.4 Å². The Balaban J connectivity index is 1.71. The minimum Gasteiger partial charge on any atom is -0.423 e. The minimum atomic E-state index is -0.474. The lowest BCUT2D eigenvalue weighted by Crippen LogP contribution is -2.39. The highest BCUT2D eigenvalue weighted by atomic mass is 16.6. The predicted octanol–water partition coefficient (Wildman–Crippen LogP) is 5.33. The van der Waals surface area contributed by atoms with Crippen molar-refractivity contribution >= 4 is 17.7 Å². The Morgan fingerprint density at radius 1 is 0.694 bits per heavy atom. The summed E-state index contributed by atoms with van der Waals surface area (Å²) in [5, 5.41) is 3.16. The van der Waals surface area contributed by atoms with Crippen LogP contribution in [0.2, 0.25) is 0 Å². The van der Waals surface area contributed by atoms with Crippen LogP contribution in [0.25, 0.3) is 0 Å². The molecule has 0 amide bonds. The second-order valence-corrected chi connectivity index (χ2v) is 9.61. The van der Waals surface area contributed by atoms with Crippen molar-refractivity contribution in [3.05, 3.63) is 95.6 Å². The van der Waals surface area contributed by atoms with Crippen molar-refractivity contribution in [3.63, 3.8) is 0 Å². The number of ketones is 1. The first kappa shape index (κ1) is 26.8. The Hall–Kier alpha value is -3.77. The molecule has 6 heteroatoms. The first-order valence-corrected chi connectivity index (χ1v) is 12.1. The third kappa shape index (κ3) is 9.12. The van der Waals surface area contributed by atoms with Crippen LogP contribution in [0, 0.1) is 0 Å². The van der Waals surface area contributed by atoms with Crippen LogP contribution >= 0.6 is 0 Å². The van der Waals surface area contributed by atoms with Gasteiger partial charge in [0.25, 0.3) is 0 Å². The van der Waals surface area contributed by atoms with Crippen LogP contribution in [0.4, 0.5) is 0 Å². The zero-order valence-electron chi connectivity index (χ0n) is 21.1. The van der Waals surface area contributed by atoms with Gasteiger partial charge in [0.05, 0.1) is 6.54 Å². The first-order chi connectivity index (χ1) is 17.2. The molecule has 0 heterocycles. The topological polar surface area (TPSA) is 81.7 Å². The van der Waals surface area contributed by atoms with Gasteiger partial charge in [0.2, 0.25) is 0 Å². The number of ether oxygens (including phenoxy) is 2. The summed E-state index contributed by atoms with van der Waals surface area (Å²) in [5.74, 6) is -0.913. The molecule has 3 aromatic rings. The van der Waals surface area contributed by atoms with E-state index in [0.29, 0.717) is 18.4 Å². The van der Waals surface area contributed by atoms with E-state index in [4.69, 9.17) is 9.47 Å². The van der Waals surface area contributed by atoms with Crippen molar-refractivity contribution < 1.29 is 23.9 Å². The van der Waals surface area contributed by atoms with Crippen molar-refractivity contribution in [1.29, 1.82) is 0 Å². The van der Waals surface area contributed by atoms with E-state index in [0.717, 1.165) is 11.1 Å². The molecule has 36 heavy (non-hydrogen) atoms. The fourth-order valence-corrected chi connectivity index (χ4v) is 3.42. The number of rotatable bonds is 11. The van der Waals surface area contributed by atoms with Crippen LogP contribution in [-0.2, 0) is 22.4 Å². The minimum absolute atomic E-state index is 0.0581. The highest BCUT2D eigenvalue weighted by molar-refractivity contribution is 5.98. The van der Waals surface area contributed by atoms with Gasteiger partial charge in [-0.25, -0.2) is 0 Å². The third-order valence-corrected chi connectivity index (χ3v) is 5.41. The predicted molar refractivity (Wildman–Crippen MR) is 139 cm³/mol. The second-order valence-electron chi connectivity index (χ2n) is 9.61. The van der Waals surface area contributed by atoms with Crippen LogP contribution < -0.4 is 14.8 Å². The molecule has 0 atom stereocenters. The van der Waals surface area contributed by atoms with Crippen molar-refractivity contribution in [2.45, 2.75) is 52.0 Å². The van der Waals surface area contributed by atoms with E-state index in [-0.39, 0.29) is 42.2 Å². The van der Waals surface area contributed by atoms with Gasteiger partial charge in [0.15, 0.2) is 17.3 Å². The summed E-state index contributed by atoms with van der Waals surface area (Å²) >= 11 is 0. The normalized spacial score (nSPS) is 11.1. The van der Waals surface area contributed by atoms with E-state index < -0.39 is 11.9 Å². The number of hydrogen-bond acceptors (Lipinski definition) is 6. The molecule has 0 aliphatic rings. The number of hydrogen-bond donors (Lipinski definition) is 1. The van der Waals surface area contributed by atoms with Crippen LogP contribution in [0.3, 0.4) is 0 Å². The quantitative estimate of drug-likeness (QED) is 0.224. The van der Waals surface area contributed by atoms with Crippen molar-refractivity contribution in [2.24, 2.45) is 0 Å². The van der Waals surface area contributed by atoms with Crippen molar-refractivity contribution in [1.82, 2.24) is 5.32 Å². The number of carbonyl (C=O) groups excluding carboxylic acids is 3. The number of esters is 2. The molecular formula is C30H33NO5. The van der Waals surface area contributed by atoms with Crippen LogP contribution in [0.1, 0.15) is 55.1 Å². The van der Waals surface area contributed by atoms with Gasteiger partial charge in [-0.1, -0.05) is 60.7 Å². The SMILES string of the molecule is CC(C)(C)NCC(=O)c1ccc(OC(=O)CCc2ccccc2)c(OC(=O)CCc2ccccc2)c1. The van der Waals surface area contributed by atoms with Gasteiger partial charge in [0, 0.05) is 23.9 Å². The van der Waals surface area contributed by atoms with E-state index in [1.54, 1.807) is 6.07 Å². The maximum atomic E-state index is 12.7. The molecule has 0 saturated heterocycles. The number of benzene rings is 3. The van der Waals surface area contributed by atoms with E-state index in [1.165, 1.54) is 12.1 Å². The molecule has 0 fully saturated rings. The van der Waals surface area contributed by atoms with Gasteiger partial charge >= 0.3 is 11.9 Å². The molecule has 3 rings (SSSR count). The summed E-state index contributed by atoms with van der Waals surface area (Å²) in [6, 6.07) is 23.8. The lowest BCUT2D eigenvalue weighted by atomic mass is 10.1. The molecule has 6 nitrogen and oxygen atoms in total. The Morgan fingerprint density at radius 3 is 1.69 bits per heavy atom. The first-order valence-electron chi connectivity index (χ1n) is 12.1. The average Bonchev–Trinajstić information content (AvgIpc) is 2.86. The fourth-order valence-electron chi connectivity index (χ4n) is 3.42. The third-order valence-electron chi connectivity index (χ3n) is 5.41. The van der Waals surface area contributed by atoms with E-state index in [2.05, 4.69) is 5.32 Å². The molecule has 1 N–H and O–H groups in total. The Morgan fingerprint density at radius 2 is 1.19 bits per heavy atom. The monoisotopic (exact) mass is 487 g/mol. The number of carbonyl (C=O) groups is 3. The molecule has 0 bridgehead atoms. The Labute approximate surface area is 212 Å². The van der Waals surface area contributed by atoms with Gasteiger partial charge < -0.3 is 14.8 Å². The molecule has 0 unspecified atom stereocenters. The molecular weight excluding hydrogens is 454 g/mol. The summed E-state index contributed by atoms with van der Waals surface area (Å²) in [5.41, 5.74) is 2.17. The molecule has 0 aliphatic carbocycles. The standard InChI is InChI=1S/C30H33NO5/c1-30(2,3)31-21-25(32)24-16-17-26(35-28(33)18-14-22-10-6-4-7-11-22)27(20-24)36-29(34)19-15-23-12-8-5-9-13-23/h4-13,16-17,20,31H,14-15,18-19,21H2,1-3H3. The van der Waals surface area contributed by atoms with Crippen molar-refractivity contribution in [2.75, 3.05) is 6.54 Å². The maximum Gasteiger partial charge on any atom is 0.311 e. The highest BCUT2D eigenvalue weighted by Gasteiger charge is 2.19. The summed E-state index contributed by atoms with van der Waals surface area (Å²) in [6.07, 6.45) is 1.36. The molecule has 3 aromatic carbocycles.